The summed E-state index contributed by atoms with van der Waals surface area (Å²) in [7, 11) is 0. The quantitative estimate of drug-likeness (QED) is 0.508. The molecular weight excluding hydrogens is 376 g/mol. The number of hydrogen-bond acceptors (Lipinski definition) is 0. The van der Waals surface area contributed by atoms with Crippen LogP contribution in [0, 0.1) is 23.7 Å². The summed E-state index contributed by atoms with van der Waals surface area (Å²) in [5, 5.41) is 1.73. The molecule has 0 amide bonds. The SMILES string of the molecule is BrCc1ccc(C#CC#Cc2ccc(CBr)cc2)cc1. The van der Waals surface area contributed by atoms with E-state index in [1.165, 1.54) is 11.1 Å². The minimum absolute atomic E-state index is 0.866. The Labute approximate surface area is 136 Å². The maximum Gasteiger partial charge on any atom is 0.0283 e. The van der Waals surface area contributed by atoms with Gasteiger partial charge < -0.3 is 0 Å². The highest BCUT2D eigenvalue weighted by molar-refractivity contribution is 9.08. The van der Waals surface area contributed by atoms with Crippen LogP contribution in [0.3, 0.4) is 0 Å². The summed E-state index contributed by atoms with van der Waals surface area (Å²) >= 11 is 6.84. The Balaban J connectivity index is 2.04. The summed E-state index contributed by atoms with van der Waals surface area (Å²) in [5.41, 5.74) is 4.46. The summed E-state index contributed by atoms with van der Waals surface area (Å²) in [6, 6.07) is 16.3. The van der Waals surface area contributed by atoms with Crippen LogP contribution in [0.4, 0.5) is 0 Å². The van der Waals surface area contributed by atoms with Crippen molar-refractivity contribution in [1.29, 1.82) is 0 Å². The molecule has 0 saturated heterocycles. The fraction of sp³-hybridized carbons (Fsp3) is 0.111. The lowest BCUT2D eigenvalue weighted by Gasteiger charge is -1.94. The lowest BCUT2D eigenvalue weighted by atomic mass is 10.1. The van der Waals surface area contributed by atoms with E-state index in [9.17, 15) is 0 Å². The molecule has 0 heterocycles. The summed E-state index contributed by atoms with van der Waals surface area (Å²) in [6.45, 7) is 0. The Morgan fingerprint density at radius 1 is 0.600 bits per heavy atom. The number of rotatable bonds is 2. The average molecular weight is 388 g/mol. The second-order valence-corrected chi connectivity index (χ2v) is 5.28. The van der Waals surface area contributed by atoms with E-state index in [1.54, 1.807) is 0 Å². The zero-order valence-corrected chi connectivity index (χ0v) is 14.0. The summed E-state index contributed by atoms with van der Waals surface area (Å²) in [4.78, 5) is 0. The lowest BCUT2D eigenvalue weighted by Crippen LogP contribution is -1.78. The third kappa shape index (κ3) is 4.57. The molecule has 0 radical (unpaired) electrons. The van der Waals surface area contributed by atoms with Crippen molar-refractivity contribution in [2.75, 3.05) is 0 Å². The number of benzene rings is 2. The fourth-order valence-electron chi connectivity index (χ4n) is 1.56. The van der Waals surface area contributed by atoms with Gasteiger partial charge in [0.05, 0.1) is 0 Å². The third-order valence-electron chi connectivity index (χ3n) is 2.69. The van der Waals surface area contributed by atoms with Crippen LogP contribution in [0.25, 0.3) is 0 Å². The van der Waals surface area contributed by atoms with Gasteiger partial charge in [-0.1, -0.05) is 68.0 Å². The first-order chi connectivity index (χ1) is 9.81. The van der Waals surface area contributed by atoms with E-state index in [1.807, 2.05) is 24.3 Å². The molecule has 0 N–H and O–H groups in total. The van der Waals surface area contributed by atoms with Crippen molar-refractivity contribution in [2.24, 2.45) is 0 Å². The minimum Gasteiger partial charge on any atom is -0.0876 e. The highest BCUT2D eigenvalue weighted by Crippen LogP contribution is 2.07. The molecule has 20 heavy (non-hydrogen) atoms. The van der Waals surface area contributed by atoms with E-state index in [2.05, 4.69) is 79.8 Å². The molecule has 2 heteroatoms. The van der Waals surface area contributed by atoms with Gasteiger partial charge in [-0.15, -0.1) is 0 Å². The van der Waals surface area contributed by atoms with Gasteiger partial charge >= 0.3 is 0 Å². The number of hydrogen-bond donors (Lipinski definition) is 0. The van der Waals surface area contributed by atoms with Crippen molar-refractivity contribution in [1.82, 2.24) is 0 Å². The average Bonchev–Trinajstić information content (AvgIpc) is 2.53. The molecule has 0 fully saturated rings. The molecule has 98 valence electrons. The Bertz CT molecular complexity index is 611. The van der Waals surface area contributed by atoms with Crippen LogP contribution in [0.5, 0.6) is 0 Å². The van der Waals surface area contributed by atoms with E-state index >= 15 is 0 Å². The molecule has 2 aromatic rings. The highest BCUT2D eigenvalue weighted by atomic mass is 79.9. The number of halogens is 2. The Hall–Kier alpha value is -1.48. The van der Waals surface area contributed by atoms with Gasteiger partial charge in [0.2, 0.25) is 0 Å². The molecule has 0 aliphatic rings. The normalized spacial score (nSPS) is 9.10. The Kier molecular flexibility index (Phi) is 5.93. The van der Waals surface area contributed by atoms with Crippen LogP contribution in [-0.4, -0.2) is 0 Å². The number of alkyl halides is 2. The predicted octanol–water partition coefficient (Wildman–Crippen LogP) is 4.88. The standard InChI is InChI=1S/C18H12Br2/c19-13-17-9-5-15(6-10-17)3-1-2-4-16-7-11-18(14-20)12-8-16/h5-12H,13-14H2. The van der Waals surface area contributed by atoms with Gasteiger partial charge in [-0.25, -0.2) is 0 Å². The van der Waals surface area contributed by atoms with Crippen LogP contribution in [0.1, 0.15) is 22.3 Å². The van der Waals surface area contributed by atoms with Crippen molar-refractivity contribution in [3.63, 3.8) is 0 Å². The van der Waals surface area contributed by atoms with Crippen molar-refractivity contribution < 1.29 is 0 Å². The van der Waals surface area contributed by atoms with Gasteiger partial charge in [0.1, 0.15) is 0 Å². The molecule has 2 aromatic carbocycles. The molecule has 0 aliphatic heterocycles. The molecule has 0 unspecified atom stereocenters. The van der Waals surface area contributed by atoms with Crippen LogP contribution in [0.15, 0.2) is 48.5 Å². The second kappa shape index (κ2) is 7.95. The third-order valence-corrected chi connectivity index (χ3v) is 3.99. The van der Waals surface area contributed by atoms with E-state index < -0.39 is 0 Å². The zero-order chi connectivity index (χ0) is 14.2. The van der Waals surface area contributed by atoms with Crippen molar-refractivity contribution in [2.45, 2.75) is 10.7 Å². The maximum atomic E-state index is 3.42. The van der Waals surface area contributed by atoms with E-state index in [-0.39, 0.29) is 0 Å². The van der Waals surface area contributed by atoms with Gasteiger partial charge in [-0.2, -0.15) is 0 Å². The highest BCUT2D eigenvalue weighted by Gasteiger charge is 1.90. The molecule has 2 rings (SSSR count). The van der Waals surface area contributed by atoms with Crippen molar-refractivity contribution >= 4 is 31.9 Å². The zero-order valence-electron chi connectivity index (χ0n) is 10.8. The van der Waals surface area contributed by atoms with Crippen LogP contribution in [-0.2, 0) is 10.7 Å². The summed E-state index contributed by atoms with van der Waals surface area (Å²) in [5.74, 6) is 11.9. The fourth-order valence-corrected chi connectivity index (χ4v) is 2.31. The molecule has 0 aromatic heterocycles. The Morgan fingerprint density at radius 3 is 1.25 bits per heavy atom. The van der Waals surface area contributed by atoms with Gasteiger partial charge in [0.15, 0.2) is 0 Å². The maximum absolute atomic E-state index is 3.42. The summed E-state index contributed by atoms with van der Waals surface area (Å²) < 4.78 is 0. The molecule has 0 aliphatic carbocycles. The topological polar surface area (TPSA) is 0 Å². The van der Waals surface area contributed by atoms with E-state index in [4.69, 9.17) is 0 Å². The van der Waals surface area contributed by atoms with Crippen LogP contribution in [0.2, 0.25) is 0 Å². The molecule has 0 nitrogen and oxygen atoms in total. The van der Waals surface area contributed by atoms with Gasteiger partial charge in [-0.05, 0) is 47.2 Å². The van der Waals surface area contributed by atoms with Crippen LogP contribution >= 0.6 is 31.9 Å². The van der Waals surface area contributed by atoms with Gasteiger partial charge in [0.25, 0.3) is 0 Å². The first-order valence-electron chi connectivity index (χ1n) is 6.13. The first-order valence-corrected chi connectivity index (χ1v) is 8.38. The Morgan fingerprint density at radius 2 is 0.950 bits per heavy atom. The molecule has 0 spiro atoms. The minimum atomic E-state index is 0.866. The van der Waals surface area contributed by atoms with E-state index in [0.29, 0.717) is 0 Å². The van der Waals surface area contributed by atoms with Crippen molar-refractivity contribution in [3.8, 4) is 23.7 Å². The summed E-state index contributed by atoms with van der Waals surface area (Å²) in [6.07, 6.45) is 0. The predicted molar refractivity (Wildman–Crippen MR) is 91.9 cm³/mol. The first kappa shape index (κ1) is 14.9. The molecular formula is C18H12Br2. The lowest BCUT2D eigenvalue weighted by molar-refractivity contribution is 1.43. The van der Waals surface area contributed by atoms with Crippen molar-refractivity contribution in [3.05, 3.63) is 70.8 Å². The largest absolute Gasteiger partial charge is 0.0876 e. The molecule has 0 saturated carbocycles. The van der Waals surface area contributed by atoms with Gasteiger partial charge in [-0.3, -0.25) is 0 Å². The van der Waals surface area contributed by atoms with E-state index in [0.717, 1.165) is 21.8 Å². The monoisotopic (exact) mass is 386 g/mol. The second-order valence-electron chi connectivity index (χ2n) is 4.16. The van der Waals surface area contributed by atoms with Gasteiger partial charge in [0, 0.05) is 21.8 Å². The smallest absolute Gasteiger partial charge is 0.0283 e. The molecule has 0 atom stereocenters. The van der Waals surface area contributed by atoms with Crippen LogP contribution < -0.4 is 0 Å². The molecule has 0 bridgehead atoms.